The van der Waals surface area contributed by atoms with E-state index < -0.39 is 10.0 Å². The molecule has 0 saturated heterocycles. The third-order valence-electron chi connectivity index (χ3n) is 4.97. The molecule has 21 heavy (non-hydrogen) atoms. The molecule has 1 heterocycles. The molecule has 4 saturated carbocycles. The van der Waals surface area contributed by atoms with Gasteiger partial charge in [-0.05, 0) is 56.3 Å². The zero-order chi connectivity index (χ0) is 14.7. The molecule has 4 aliphatic rings. The molecule has 116 valence electrons. The molecule has 0 amide bonds. The van der Waals surface area contributed by atoms with Crippen LogP contribution in [0.3, 0.4) is 0 Å². The standard InChI is InChI=1S/C13H19N3O2S3/c1-21(17,18)16-12-14-11(15-20-12)19-13-5-8-2-9(6-13)4-10(3-8)7-13/h8-10H,2-7H2,1H3,(H,14,15,16). The van der Waals surface area contributed by atoms with Crippen molar-refractivity contribution < 1.29 is 8.42 Å². The van der Waals surface area contributed by atoms with Gasteiger partial charge in [0.2, 0.25) is 20.3 Å². The quantitative estimate of drug-likeness (QED) is 0.908. The van der Waals surface area contributed by atoms with Crippen LogP contribution in [0.15, 0.2) is 5.16 Å². The second kappa shape index (κ2) is 4.83. The summed E-state index contributed by atoms with van der Waals surface area (Å²) in [5.74, 6) is 2.70. The first-order chi connectivity index (χ1) is 9.89. The maximum Gasteiger partial charge on any atom is 0.231 e. The van der Waals surface area contributed by atoms with Crippen LogP contribution in [0.2, 0.25) is 0 Å². The minimum atomic E-state index is -3.27. The van der Waals surface area contributed by atoms with E-state index in [1.165, 1.54) is 38.5 Å². The highest BCUT2D eigenvalue weighted by atomic mass is 32.2. The molecule has 0 aromatic carbocycles. The average Bonchev–Trinajstić information content (AvgIpc) is 2.70. The molecule has 1 aromatic rings. The average molecular weight is 346 g/mol. The van der Waals surface area contributed by atoms with E-state index in [-0.39, 0.29) is 0 Å². The van der Waals surface area contributed by atoms with Crippen molar-refractivity contribution >= 4 is 38.4 Å². The number of rotatable bonds is 4. The van der Waals surface area contributed by atoms with Gasteiger partial charge in [-0.1, -0.05) is 11.8 Å². The fourth-order valence-corrected chi connectivity index (χ4v) is 7.90. The fourth-order valence-electron chi connectivity index (χ4n) is 4.80. The minimum Gasteiger partial charge on any atom is -0.258 e. The molecule has 1 aromatic heterocycles. The zero-order valence-corrected chi connectivity index (χ0v) is 14.4. The van der Waals surface area contributed by atoms with E-state index in [2.05, 4.69) is 14.1 Å². The largest absolute Gasteiger partial charge is 0.258 e. The van der Waals surface area contributed by atoms with Crippen molar-refractivity contribution in [3.05, 3.63) is 0 Å². The molecular weight excluding hydrogens is 326 g/mol. The summed E-state index contributed by atoms with van der Waals surface area (Å²) in [6.45, 7) is 0. The van der Waals surface area contributed by atoms with Gasteiger partial charge in [0.05, 0.1) is 6.26 Å². The second-order valence-electron chi connectivity index (χ2n) is 6.96. The van der Waals surface area contributed by atoms with E-state index in [4.69, 9.17) is 0 Å². The number of anilines is 1. The first-order valence-electron chi connectivity index (χ1n) is 7.40. The van der Waals surface area contributed by atoms with E-state index in [0.717, 1.165) is 40.7 Å². The van der Waals surface area contributed by atoms with Crippen LogP contribution in [0.4, 0.5) is 5.13 Å². The molecule has 4 aliphatic carbocycles. The number of hydrogen-bond donors (Lipinski definition) is 1. The monoisotopic (exact) mass is 345 g/mol. The Kier molecular flexibility index (Phi) is 3.28. The van der Waals surface area contributed by atoms with Gasteiger partial charge in [-0.2, -0.15) is 9.36 Å². The number of thioether (sulfide) groups is 1. The van der Waals surface area contributed by atoms with Gasteiger partial charge in [0.15, 0.2) is 0 Å². The molecule has 0 radical (unpaired) electrons. The van der Waals surface area contributed by atoms with Crippen molar-refractivity contribution in [2.24, 2.45) is 17.8 Å². The third-order valence-corrected chi connectivity index (χ3v) is 7.71. The van der Waals surface area contributed by atoms with Crippen molar-refractivity contribution in [3.8, 4) is 0 Å². The van der Waals surface area contributed by atoms with Crippen LogP contribution in [0.5, 0.6) is 0 Å². The second-order valence-corrected chi connectivity index (χ2v) is 10.9. The smallest absolute Gasteiger partial charge is 0.231 e. The van der Waals surface area contributed by atoms with E-state index in [1.807, 2.05) is 0 Å². The summed E-state index contributed by atoms with van der Waals surface area (Å²) >= 11 is 2.93. The van der Waals surface area contributed by atoms with Crippen LogP contribution in [0.1, 0.15) is 38.5 Å². The summed E-state index contributed by atoms with van der Waals surface area (Å²) < 4.78 is 29.6. The number of aromatic nitrogens is 2. The molecule has 8 heteroatoms. The lowest BCUT2D eigenvalue weighted by molar-refractivity contribution is 0.0382. The van der Waals surface area contributed by atoms with E-state index in [9.17, 15) is 8.42 Å². The molecule has 0 atom stereocenters. The lowest BCUT2D eigenvalue weighted by Gasteiger charge is -2.56. The number of nitrogens with one attached hydrogen (secondary N) is 1. The molecule has 0 aliphatic heterocycles. The Balaban J connectivity index is 1.51. The summed E-state index contributed by atoms with van der Waals surface area (Å²) in [5, 5.41) is 1.12. The van der Waals surface area contributed by atoms with Crippen molar-refractivity contribution in [2.75, 3.05) is 11.0 Å². The summed E-state index contributed by atoms with van der Waals surface area (Å²) in [4.78, 5) is 4.35. The maximum atomic E-state index is 11.2. The SMILES string of the molecule is CS(=O)(=O)Nc1nc(SC23CC4CC(CC(C4)C2)C3)ns1. The normalized spacial score (nSPS) is 37.9. The topological polar surface area (TPSA) is 72.0 Å². The van der Waals surface area contributed by atoms with Crippen molar-refractivity contribution in [3.63, 3.8) is 0 Å². The highest BCUT2D eigenvalue weighted by Gasteiger charge is 2.51. The molecule has 5 rings (SSSR count). The Morgan fingerprint density at radius 1 is 1.19 bits per heavy atom. The molecular formula is C13H19N3O2S3. The first-order valence-corrected chi connectivity index (χ1v) is 10.9. The van der Waals surface area contributed by atoms with Gasteiger partial charge in [-0.15, -0.1) is 0 Å². The highest BCUT2D eigenvalue weighted by Crippen LogP contribution is 2.61. The summed E-state index contributed by atoms with van der Waals surface area (Å²) in [6.07, 6.45) is 9.27. The van der Waals surface area contributed by atoms with Crippen molar-refractivity contribution in [2.45, 2.75) is 48.4 Å². The van der Waals surface area contributed by atoms with Crippen molar-refractivity contribution in [1.29, 1.82) is 0 Å². The highest BCUT2D eigenvalue weighted by molar-refractivity contribution is 8.00. The molecule has 4 fully saturated rings. The summed E-state index contributed by atoms with van der Waals surface area (Å²) in [5.41, 5.74) is 0. The van der Waals surface area contributed by atoms with Gasteiger partial charge in [0.25, 0.3) is 0 Å². The van der Waals surface area contributed by atoms with Crippen LogP contribution >= 0.6 is 23.3 Å². The summed E-state index contributed by atoms with van der Waals surface area (Å²) in [6, 6.07) is 0. The van der Waals surface area contributed by atoms with Crippen molar-refractivity contribution in [1.82, 2.24) is 9.36 Å². The number of sulfonamides is 1. The van der Waals surface area contributed by atoms with Crippen LogP contribution in [0.25, 0.3) is 0 Å². The third kappa shape index (κ3) is 2.94. The Morgan fingerprint density at radius 3 is 2.29 bits per heavy atom. The Hall–Kier alpha value is -0.340. The van der Waals surface area contributed by atoms with Gasteiger partial charge in [-0.3, -0.25) is 4.72 Å². The van der Waals surface area contributed by atoms with Gasteiger partial charge >= 0.3 is 0 Å². The molecule has 5 nitrogen and oxygen atoms in total. The number of nitrogens with zero attached hydrogens (tertiary/aromatic N) is 2. The van der Waals surface area contributed by atoms with E-state index in [0.29, 0.717) is 9.88 Å². The minimum absolute atomic E-state index is 0.318. The van der Waals surface area contributed by atoms with Gasteiger partial charge < -0.3 is 0 Å². The molecule has 0 spiro atoms. The molecule has 4 bridgehead atoms. The maximum absolute atomic E-state index is 11.2. The van der Waals surface area contributed by atoms with E-state index >= 15 is 0 Å². The van der Waals surface area contributed by atoms with Gasteiger partial charge in [-0.25, -0.2) is 8.42 Å². The zero-order valence-electron chi connectivity index (χ0n) is 11.9. The first kappa shape index (κ1) is 14.3. The van der Waals surface area contributed by atoms with Gasteiger partial charge in [0, 0.05) is 16.3 Å². The predicted molar refractivity (Wildman–Crippen MR) is 85.1 cm³/mol. The van der Waals surface area contributed by atoms with E-state index in [1.54, 1.807) is 11.8 Å². The Labute approximate surface area is 133 Å². The van der Waals surface area contributed by atoms with Crippen LogP contribution in [0, 0.1) is 17.8 Å². The Morgan fingerprint density at radius 2 is 1.76 bits per heavy atom. The molecule has 0 unspecified atom stereocenters. The number of hydrogen-bond acceptors (Lipinski definition) is 6. The predicted octanol–water partition coefficient (Wildman–Crippen LogP) is 2.97. The Bertz CT molecular complexity index is 620. The van der Waals surface area contributed by atoms with Crippen LogP contribution < -0.4 is 4.72 Å². The van der Waals surface area contributed by atoms with Gasteiger partial charge in [0.1, 0.15) is 0 Å². The lowest BCUT2D eigenvalue weighted by atomic mass is 9.56. The fraction of sp³-hybridized carbons (Fsp3) is 0.846. The lowest BCUT2D eigenvalue weighted by Crippen LogP contribution is -2.48. The summed E-state index contributed by atoms with van der Waals surface area (Å²) in [7, 11) is -3.27. The van der Waals surface area contributed by atoms with Crippen LogP contribution in [-0.2, 0) is 10.0 Å². The van der Waals surface area contributed by atoms with Crippen LogP contribution in [-0.4, -0.2) is 28.8 Å². The molecule has 1 N–H and O–H groups in total.